The number of benzene rings is 2. The summed E-state index contributed by atoms with van der Waals surface area (Å²) in [5, 5.41) is 0.0444. The summed E-state index contributed by atoms with van der Waals surface area (Å²) in [5.41, 5.74) is 1.10. The lowest BCUT2D eigenvalue weighted by molar-refractivity contribution is 0.0849. The molecule has 108 valence electrons. The molecule has 1 unspecified atom stereocenters. The molecule has 3 rings (SSSR count). The van der Waals surface area contributed by atoms with Crippen LogP contribution >= 0.6 is 11.6 Å². The van der Waals surface area contributed by atoms with Gasteiger partial charge < -0.3 is 9.47 Å². The number of Topliss-reactive ketones (excluding diaryl/α,β-unsaturated/α-hetero) is 1. The highest BCUT2D eigenvalue weighted by molar-refractivity contribution is 6.30. The number of ether oxygens (including phenoxy) is 2. The second-order valence-electron chi connectivity index (χ2n) is 4.77. The van der Waals surface area contributed by atoms with Gasteiger partial charge in [0.2, 0.25) is 0 Å². The SMILES string of the molecule is COc1ccc2c(c1)OC(c1ccc(Cl)c(F)c1)CC2=O. The molecule has 0 saturated carbocycles. The number of ketones is 1. The molecule has 1 aliphatic rings. The summed E-state index contributed by atoms with van der Waals surface area (Å²) >= 11 is 5.67. The van der Waals surface area contributed by atoms with Crippen LogP contribution in [0.4, 0.5) is 4.39 Å². The van der Waals surface area contributed by atoms with E-state index in [0.29, 0.717) is 22.6 Å². The van der Waals surface area contributed by atoms with Crippen LogP contribution in [0, 0.1) is 5.82 Å². The van der Waals surface area contributed by atoms with Gasteiger partial charge in [-0.15, -0.1) is 0 Å². The van der Waals surface area contributed by atoms with E-state index in [1.807, 2.05) is 0 Å². The zero-order chi connectivity index (χ0) is 15.0. The van der Waals surface area contributed by atoms with Gasteiger partial charge in [-0.25, -0.2) is 4.39 Å². The molecule has 1 heterocycles. The molecule has 0 bridgehead atoms. The summed E-state index contributed by atoms with van der Waals surface area (Å²) in [6.07, 6.45) is -0.357. The molecule has 0 spiro atoms. The Hall–Kier alpha value is -2.07. The summed E-state index contributed by atoms with van der Waals surface area (Å²) in [6, 6.07) is 9.46. The Morgan fingerprint density at radius 3 is 2.81 bits per heavy atom. The maximum absolute atomic E-state index is 13.6. The largest absolute Gasteiger partial charge is 0.497 e. The number of rotatable bonds is 2. The number of halogens is 2. The first-order chi connectivity index (χ1) is 10.1. The highest BCUT2D eigenvalue weighted by atomic mass is 35.5. The second kappa shape index (κ2) is 5.37. The fourth-order valence-corrected chi connectivity index (χ4v) is 2.45. The highest BCUT2D eigenvalue weighted by Crippen LogP contribution is 2.37. The van der Waals surface area contributed by atoms with Crippen LogP contribution in [-0.2, 0) is 0 Å². The molecule has 0 radical (unpaired) electrons. The molecule has 0 amide bonds. The van der Waals surface area contributed by atoms with Crippen LogP contribution in [0.3, 0.4) is 0 Å². The summed E-state index contributed by atoms with van der Waals surface area (Å²) in [6.45, 7) is 0. The minimum Gasteiger partial charge on any atom is -0.497 e. The zero-order valence-electron chi connectivity index (χ0n) is 11.2. The van der Waals surface area contributed by atoms with E-state index in [1.54, 1.807) is 31.4 Å². The van der Waals surface area contributed by atoms with Gasteiger partial charge in [-0.3, -0.25) is 4.79 Å². The Morgan fingerprint density at radius 2 is 2.10 bits per heavy atom. The van der Waals surface area contributed by atoms with Crippen LogP contribution in [0.5, 0.6) is 11.5 Å². The fourth-order valence-electron chi connectivity index (χ4n) is 2.33. The van der Waals surface area contributed by atoms with Crippen LogP contribution in [0.1, 0.15) is 28.4 Å². The van der Waals surface area contributed by atoms with Crippen molar-refractivity contribution in [2.24, 2.45) is 0 Å². The van der Waals surface area contributed by atoms with Crippen molar-refractivity contribution < 1.29 is 18.7 Å². The third-order valence-electron chi connectivity index (χ3n) is 3.44. The first-order valence-corrected chi connectivity index (χ1v) is 6.79. The van der Waals surface area contributed by atoms with Crippen molar-refractivity contribution in [1.82, 2.24) is 0 Å². The van der Waals surface area contributed by atoms with Crippen LogP contribution in [0.25, 0.3) is 0 Å². The molecule has 1 aliphatic heterocycles. The van der Waals surface area contributed by atoms with E-state index in [4.69, 9.17) is 21.1 Å². The average Bonchev–Trinajstić information content (AvgIpc) is 2.49. The molecule has 2 aromatic carbocycles. The van der Waals surface area contributed by atoms with Crippen molar-refractivity contribution in [3.63, 3.8) is 0 Å². The minimum atomic E-state index is -0.526. The van der Waals surface area contributed by atoms with Crippen molar-refractivity contribution in [3.8, 4) is 11.5 Å². The van der Waals surface area contributed by atoms with E-state index in [1.165, 1.54) is 12.1 Å². The number of hydrogen-bond acceptors (Lipinski definition) is 3. The molecule has 0 saturated heterocycles. The molecule has 0 aromatic heterocycles. The Labute approximate surface area is 126 Å². The molecular formula is C16H12ClFO3. The minimum absolute atomic E-state index is 0.0424. The van der Waals surface area contributed by atoms with Crippen LogP contribution in [-0.4, -0.2) is 12.9 Å². The van der Waals surface area contributed by atoms with E-state index in [9.17, 15) is 9.18 Å². The molecular weight excluding hydrogens is 295 g/mol. The number of hydrogen-bond donors (Lipinski definition) is 0. The normalized spacial score (nSPS) is 17.1. The predicted molar refractivity (Wildman–Crippen MR) is 76.7 cm³/mol. The number of fused-ring (bicyclic) bond motifs is 1. The highest BCUT2D eigenvalue weighted by Gasteiger charge is 2.28. The lowest BCUT2D eigenvalue weighted by atomic mass is 9.96. The first kappa shape index (κ1) is 13.9. The van der Waals surface area contributed by atoms with Gasteiger partial charge in [0, 0.05) is 6.07 Å². The van der Waals surface area contributed by atoms with Gasteiger partial charge in [0.15, 0.2) is 5.78 Å². The van der Waals surface area contributed by atoms with Crippen LogP contribution < -0.4 is 9.47 Å². The molecule has 5 heteroatoms. The van der Waals surface area contributed by atoms with Crippen molar-refractivity contribution in [2.45, 2.75) is 12.5 Å². The van der Waals surface area contributed by atoms with Gasteiger partial charge >= 0.3 is 0 Å². The van der Waals surface area contributed by atoms with Gasteiger partial charge in [-0.05, 0) is 29.8 Å². The van der Waals surface area contributed by atoms with Gasteiger partial charge in [-0.1, -0.05) is 17.7 Å². The molecule has 2 aromatic rings. The van der Waals surface area contributed by atoms with Crippen LogP contribution in [0.2, 0.25) is 5.02 Å². The second-order valence-corrected chi connectivity index (χ2v) is 5.18. The van der Waals surface area contributed by atoms with E-state index >= 15 is 0 Å². The number of methoxy groups -OCH3 is 1. The molecule has 3 nitrogen and oxygen atoms in total. The Balaban J connectivity index is 1.96. The molecule has 0 fully saturated rings. The summed E-state index contributed by atoms with van der Waals surface area (Å²) in [7, 11) is 1.54. The average molecular weight is 307 g/mol. The maximum atomic E-state index is 13.6. The van der Waals surface area contributed by atoms with Gasteiger partial charge in [0.25, 0.3) is 0 Å². The molecule has 0 aliphatic carbocycles. The standard InChI is InChI=1S/C16H12ClFO3/c1-20-10-3-4-11-14(19)8-15(21-16(11)7-10)9-2-5-12(17)13(18)6-9/h2-7,15H,8H2,1H3. The fraction of sp³-hybridized carbons (Fsp3) is 0.188. The van der Waals surface area contributed by atoms with Gasteiger partial charge in [0.1, 0.15) is 23.4 Å². The van der Waals surface area contributed by atoms with Crippen molar-refractivity contribution >= 4 is 17.4 Å². The van der Waals surface area contributed by atoms with E-state index in [-0.39, 0.29) is 17.2 Å². The van der Waals surface area contributed by atoms with E-state index in [0.717, 1.165) is 0 Å². The third kappa shape index (κ3) is 2.59. The number of carbonyl (C=O) groups excluding carboxylic acids is 1. The monoisotopic (exact) mass is 306 g/mol. The predicted octanol–water partition coefficient (Wildman–Crippen LogP) is 4.19. The van der Waals surface area contributed by atoms with E-state index in [2.05, 4.69) is 0 Å². The van der Waals surface area contributed by atoms with Crippen molar-refractivity contribution in [3.05, 3.63) is 58.4 Å². The first-order valence-electron chi connectivity index (χ1n) is 6.41. The van der Waals surface area contributed by atoms with Gasteiger partial charge in [-0.2, -0.15) is 0 Å². The summed E-state index contributed by atoms with van der Waals surface area (Å²) in [5.74, 6) is 0.483. The van der Waals surface area contributed by atoms with Gasteiger partial charge in [0.05, 0.1) is 24.1 Å². The molecule has 21 heavy (non-hydrogen) atoms. The van der Waals surface area contributed by atoms with Crippen molar-refractivity contribution in [1.29, 1.82) is 0 Å². The Morgan fingerprint density at radius 1 is 1.29 bits per heavy atom. The smallest absolute Gasteiger partial charge is 0.170 e. The maximum Gasteiger partial charge on any atom is 0.170 e. The lowest BCUT2D eigenvalue weighted by Crippen LogP contribution is -2.20. The Kier molecular flexibility index (Phi) is 3.55. The third-order valence-corrected chi connectivity index (χ3v) is 3.75. The zero-order valence-corrected chi connectivity index (χ0v) is 12.0. The van der Waals surface area contributed by atoms with Crippen LogP contribution in [0.15, 0.2) is 36.4 Å². The number of carbonyl (C=O) groups is 1. The lowest BCUT2D eigenvalue weighted by Gasteiger charge is -2.26. The molecule has 0 N–H and O–H groups in total. The summed E-state index contributed by atoms with van der Waals surface area (Å²) in [4.78, 5) is 12.2. The topological polar surface area (TPSA) is 35.5 Å². The van der Waals surface area contributed by atoms with E-state index < -0.39 is 11.9 Å². The summed E-state index contributed by atoms with van der Waals surface area (Å²) < 4.78 is 24.5. The Bertz CT molecular complexity index is 715. The molecule has 1 atom stereocenters. The quantitative estimate of drug-likeness (QED) is 0.834. The van der Waals surface area contributed by atoms with Crippen molar-refractivity contribution in [2.75, 3.05) is 7.11 Å².